The van der Waals surface area contributed by atoms with Gasteiger partial charge in [-0.15, -0.1) is 0 Å². The maximum Gasteiger partial charge on any atom is 0.258 e. The highest BCUT2D eigenvalue weighted by atomic mass is 16.5. The van der Waals surface area contributed by atoms with Crippen molar-refractivity contribution in [2.75, 3.05) is 13.7 Å². The van der Waals surface area contributed by atoms with E-state index in [0.717, 1.165) is 24.2 Å². The van der Waals surface area contributed by atoms with Crippen molar-refractivity contribution < 1.29 is 23.1 Å². The maximum absolute atomic E-state index is 13.1. The van der Waals surface area contributed by atoms with Crippen LogP contribution in [0, 0.1) is 6.92 Å². The van der Waals surface area contributed by atoms with Crippen LogP contribution in [0.2, 0.25) is 0 Å². The Morgan fingerprint density at radius 1 is 1.09 bits per heavy atom. The molecular formula is C27H27NO6. The zero-order valence-corrected chi connectivity index (χ0v) is 19.4. The number of aryl methyl sites for hydroxylation is 2. The molecule has 2 aromatic carbocycles. The second-order valence-corrected chi connectivity index (χ2v) is 8.12. The molecular weight excluding hydrogens is 434 g/mol. The van der Waals surface area contributed by atoms with Crippen molar-refractivity contribution in [2.24, 2.45) is 0 Å². The quantitative estimate of drug-likeness (QED) is 0.382. The lowest BCUT2D eigenvalue weighted by Crippen LogP contribution is -2.36. The largest absolute Gasteiger partial charge is 0.497 e. The molecule has 1 atom stereocenters. The molecule has 0 aliphatic carbocycles. The van der Waals surface area contributed by atoms with Crippen LogP contribution in [0.25, 0.3) is 22.1 Å². The number of nitrogens with one attached hydrogen (secondary N) is 1. The summed E-state index contributed by atoms with van der Waals surface area (Å²) in [4.78, 5) is 25.4. The number of rotatable bonds is 9. The van der Waals surface area contributed by atoms with Gasteiger partial charge >= 0.3 is 0 Å². The van der Waals surface area contributed by atoms with Gasteiger partial charge in [0, 0.05) is 18.5 Å². The van der Waals surface area contributed by atoms with Crippen molar-refractivity contribution in [3.8, 4) is 22.6 Å². The van der Waals surface area contributed by atoms with E-state index in [1.165, 1.54) is 0 Å². The summed E-state index contributed by atoms with van der Waals surface area (Å²) < 4.78 is 22.1. The lowest BCUT2D eigenvalue weighted by atomic mass is 10.0. The van der Waals surface area contributed by atoms with E-state index >= 15 is 0 Å². The molecule has 1 amide bonds. The highest BCUT2D eigenvalue weighted by molar-refractivity contribution is 5.84. The Labute approximate surface area is 197 Å². The molecule has 4 aromatic rings. The highest BCUT2D eigenvalue weighted by Crippen LogP contribution is 2.27. The molecule has 0 aliphatic heterocycles. The van der Waals surface area contributed by atoms with Crippen molar-refractivity contribution >= 4 is 16.9 Å². The van der Waals surface area contributed by atoms with Gasteiger partial charge in [0.15, 0.2) is 6.61 Å². The molecule has 0 unspecified atom stereocenters. The van der Waals surface area contributed by atoms with Crippen LogP contribution in [0.15, 0.2) is 74.5 Å². The van der Waals surface area contributed by atoms with Gasteiger partial charge in [-0.25, -0.2) is 0 Å². The first-order valence-electron chi connectivity index (χ1n) is 11.1. The van der Waals surface area contributed by atoms with Crippen LogP contribution in [-0.2, 0) is 11.2 Å². The number of amides is 1. The minimum atomic E-state index is -0.223. The lowest BCUT2D eigenvalue weighted by Gasteiger charge is -2.14. The second-order valence-electron chi connectivity index (χ2n) is 8.12. The summed E-state index contributed by atoms with van der Waals surface area (Å²) in [5, 5.41) is 3.36. The van der Waals surface area contributed by atoms with Crippen molar-refractivity contribution in [1.29, 1.82) is 0 Å². The molecule has 0 bridgehead atoms. The number of carbonyl (C=O) groups excluding carboxylic acids is 1. The third-order valence-electron chi connectivity index (χ3n) is 5.60. The summed E-state index contributed by atoms with van der Waals surface area (Å²) in [5.41, 5.74) is 1.54. The van der Waals surface area contributed by atoms with Gasteiger partial charge in [-0.3, -0.25) is 9.59 Å². The van der Waals surface area contributed by atoms with Crippen molar-refractivity contribution in [1.82, 2.24) is 5.32 Å². The number of fused-ring (bicyclic) bond motifs is 1. The normalized spacial score (nSPS) is 11.9. The van der Waals surface area contributed by atoms with Gasteiger partial charge in [-0.05, 0) is 62.2 Å². The van der Waals surface area contributed by atoms with Crippen LogP contribution in [0.1, 0.15) is 24.9 Å². The number of hydrogen-bond acceptors (Lipinski definition) is 6. The van der Waals surface area contributed by atoms with Gasteiger partial charge < -0.3 is 23.6 Å². The molecule has 176 valence electrons. The Hall–Kier alpha value is -4.00. The topological polar surface area (TPSA) is 90.9 Å². The Morgan fingerprint density at radius 2 is 1.85 bits per heavy atom. The minimum absolute atomic E-state index is 0.0187. The highest BCUT2D eigenvalue weighted by Gasteiger charge is 2.15. The third-order valence-corrected chi connectivity index (χ3v) is 5.60. The number of furan rings is 1. The number of methoxy groups -OCH3 is 1. The summed E-state index contributed by atoms with van der Waals surface area (Å²) >= 11 is 0. The van der Waals surface area contributed by atoms with Crippen molar-refractivity contribution in [3.63, 3.8) is 0 Å². The van der Waals surface area contributed by atoms with Gasteiger partial charge in [0.05, 0.1) is 24.3 Å². The summed E-state index contributed by atoms with van der Waals surface area (Å²) in [6.07, 6.45) is 3.15. The standard InChI is InChI=1S/C27H27NO6/c1-17(6-9-21-5-4-14-32-21)28-25(29)16-33-22-12-13-23-24(15-22)34-18(2)26(27(23)30)19-7-10-20(31-3)11-8-19/h4-5,7-8,10-15,17H,6,9,16H2,1-3H3,(H,28,29)/t17-/m0/s1. The Balaban J connectivity index is 1.42. The smallest absolute Gasteiger partial charge is 0.258 e. The molecule has 0 saturated heterocycles. The average molecular weight is 462 g/mol. The maximum atomic E-state index is 13.1. The molecule has 4 rings (SSSR count). The first-order valence-corrected chi connectivity index (χ1v) is 11.1. The number of hydrogen-bond donors (Lipinski definition) is 1. The Kier molecular flexibility index (Phi) is 7.01. The van der Waals surface area contributed by atoms with Crippen molar-refractivity contribution in [2.45, 2.75) is 32.7 Å². The van der Waals surface area contributed by atoms with Crippen molar-refractivity contribution in [3.05, 3.63) is 82.6 Å². The molecule has 0 spiro atoms. The monoisotopic (exact) mass is 461 g/mol. The minimum Gasteiger partial charge on any atom is -0.497 e. The van der Waals surface area contributed by atoms with E-state index in [4.69, 9.17) is 18.3 Å². The first-order chi connectivity index (χ1) is 16.4. The third kappa shape index (κ3) is 5.31. The van der Waals surface area contributed by atoms with Gasteiger partial charge in [0.25, 0.3) is 5.91 Å². The lowest BCUT2D eigenvalue weighted by molar-refractivity contribution is -0.123. The molecule has 2 heterocycles. The fraction of sp³-hybridized carbons (Fsp3) is 0.259. The van der Waals surface area contributed by atoms with E-state index in [2.05, 4.69) is 5.32 Å². The van der Waals surface area contributed by atoms with Crippen LogP contribution < -0.4 is 20.2 Å². The fourth-order valence-electron chi connectivity index (χ4n) is 3.82. The molecule has 7 nitrogen and oxygen atoms in total. The predicted octanol–water partition coefficient (Wildman–Crippen LogP) is 4.89. The summed E-state index contributed by atoms with van der Waals surface area (Å²) in [6, 6.07) is 16.0. The summed E-state index contributed by atoms with van der Waals surface area (Å²) in [5.74, 6) is 2.33. The van der Waals surface area contributed by atoms with Crippen LogP contribution in [-0.4, -0.2) is 25.7 Å². The van der Waals surface area contributed by atoms with Crippen LogP contribution >= 0.6 is 0 Å². The zero-order valence-electron chi connectivity index (χ0n) is 19.4. The van der Waals surface area contributed by atoms with E-state index in [1.54, 1.807) is 50.6 Å². The molecule has 7 heteroatoms. The van der Waals surface area contributed by atoms with E-state index in [9.17, 15) is 9.59 Å². The Bertz CT molecular complexity index is 1320. The van der Waals surface area contributed by atoms with E-state index in [0.29, 0.717) is 33.8 Å². The van der Waals surface area contributed by atoms with Crippen LogP contribution in [0.4, 0.5) is 0 Å². The SMILES string of the molecule is COc1ccc(-c2c(C)oc3cc(OCC(=O)N[C@@H](C)CCc4ccco4)ccc3c2=O)cc1. The van der Waals surface area contributed by atoms with Gasteiger partial charge in [-0.1, -0.05) is 12.1 Å². The molecule has 2 aromatic heterocycles. The first kappa shape index (κ1) is 23.2. The van der Waals surface area contributed by atoms with Crippen LogP contribution in [0.5, 0.6) is 11.5 Å². The molecule has 1 N–H and O–H groups in total. The van der Waals surface area contributed by atoms with Gasteiger partial charge in [-0.2, -0.15) is 0 Å². The molecule has 0 fully saturated rings. The second kappa shape index (κ2) is 10.3. The fourth-order valence-corrected chi connectivity index (χ4v) is 3.82. The molecule has 0 aliphatic rings. The van der Waals surface area contributed by atoms with E-state index < -0.39 is 0 Å². The summed E-state index contributed by atoms with van der Waals surface area (Å²) in [6.45, 7) is 3.56. The average Bonchev–Trinajstić information content (AvgIpc) is 3.35. The zero-order chi connectivity index (χ0) is 24.1. The predicted molar refractivity (Wildman–Crippen MR) is 129 cm³/mol. The van der Waals surface area contributed by atoms with E-state index in [1.807, 2.05) is 31.2 Å². The van der Waals surface area contributed by atoms with Gasteiger partial charge in [0.1, 0.15) is 28.6 Å². The number of benzene rings is 2. The van der Waals surface area contributed by atoms with Crippen LogP contribution in [0.3, 0.4) is 0 Å². The van der Waals surface area contributed by atoms with Gasteiger partial charge in [0.2, 0.25) is 5.43 Å². The number of ether oxygens (including phenoxy) is 2. The molecule has 0 saturated carbocycles. The van der Waals surface area contributed by atoms with E-state index in [-0.39, 0.29) is 24.0 Å². The Morgan fingerprint density at radius 3 is 2.56 bits per heavy atom. The molecule has 0 radical (unpaired) electrons. The summed E-state index contributed by atoms with van der Waals surface area (Å²) in [7, 11) is 1.59. The molecule has 34 heavy (non-hydrogen) atoms. The number of carbonyl (C=O) groups is 1.